The van der Waals surface area contributed by atoms with Crippen LogP contribution in [0.1, 0.15) is 25.8 Å². The number of allylic oxidation sites excluding steroid dienone is 1. The standard InChI is InChI=1S/C14H20ClN.C6H11FN4/c1-3-5-6-11-16(4-2)14-9-7-13(12-15)8-10-14;1-5(10-2)6(8)3-11(9)4-7/h3,5,7-10H,4,6,11-12H2,1-2H3;3H,1-2,4,8-9H2/b5-3-;6-3-. The number of aliphatic imine (C=N–C) groups is 1. The quantitative estimate of drug-likeness (QED) is 0.118. The zero-order chi connectivity index (χ0) is 20.7. The van der Waals surface area contributed by atoms with Crippen LogP contribution in [0.4, 0.5) is 10.1 Å². The number of alkyl halides is 2. The van der Waals surface area contributed by atoms with E-state index in [1.54, 1.807) is 0 Å². The summed E-state index contributed by atoms with van der Waals surface area (Å²) in [7, 11) is 0. The van der Waals surface area contributed by atoms with Gasteiger partial charge in [-0.15, -0.1) is 11.6 Å². The average molecular weight is 396 g/mol. The van der Waals surface area contributed by atoms with Gasteiger partial charge in [-0.25, -0.2) is 10.2 Å². The Hall–Kier alpha value is -2.31. The van der Waals surface area contributed by atoms with E-state index in [9.17, 15) is 4.39 Å². The van der Waals surface area contributed by atoms with Crippen molar-refractivity contribution in [2.24, 2.45) is 16.6 Å². The van der Waals surface area contributed by atoms with Crippen LogP contribution in [0.5, 0.6) is 0 Å². The molecule has 0 fully saturated rings. The lowest BCUT2D eigenvalue weighted by atomic mass is 10.2. The summed E-state index contributed by atoms with van der Waals surface area (Å²) in [6.07, 6.45) is 6.60. The van der Waals surface area contributed by atoms with Gasteiger partial charge in [0, 0.05) is 30.9 Å². The molecule has 0 aromatic heterocycles. The Kier molecular flexibility index (Phi) is 13.5. The van der Waals surface area contributed by atoms with E-state index < -0.39 is 6.80 Å². The third-order valence-electron chi connectivity index (χ3n) is 3.61. The minimum atomic E-state index is -0.814. The van der Waals surface area contributed by atoms with E-state index in [1.165, 1.54) is 17.5 Å². The van der Waals surface area contributed by atoms with Crippen molar-refractivity contribution in [1.29, 1.82) is 0 Å². The molecule has 1 rings (SSSR count). The second kappa shape index (κ2) is 14.8. The van der Waals surface area contributed by atoms with Gasteiger partial charge in [0.25, 0.3) is 0 Å². The molecule has 0 aliphatic heterocycles. The van der Waals surface area contributed by atoms with Crippen molar-refractivity contribution in [3.8, 4) is 0 Å². The Morgan fingerprint density at radius 2 is 1.96 bits per heavy atom. The van der Waals surface area contributed by atoms with Gasteiger partial charge in [0.15, 0.2) is 6.80 Å². The number of nitrogens with zero attached hydrogens (tertiary/aromatic N) is 3. The van der Waals surface area contributed by atoms with Gasteiger partial charge in [-0.05, 0) is 44.7 Å². The highest BCUT2D eigenvalue weighted by Crippen LogP contribution is 2.16. The maximum atomic E-state index is 11.7. The van der Waals surface area contributed by atoms with Gasteiger partial charge < -0.3 is 10.6 Å². The molecule has 0 atom stereocenters. The first-order chi connectivity index (χ1) is 12.9. The van der Waals surface area contributed by atoms with Crippen molar-refractivity contribution < 1.29 is 4.39 Å². The summed E-state index contributed by atoms with van der Waals surface area (Å²) in [5.41, 5.74) is 8.26. The van der Waals surface area contributed by atoms with E-state index in [2.05, 4.69) is 73.5 Å². The van der Waals surface area contributed by atoms with Crippen molar-refractivity contribution >= 4 is 24.0 Å². The Morgan fingerprint density at radius 1 is 1.33 bits per heavy atom. The largest absolute Gasteiger partial charge is 0.396 e. The molecule has 0 radical (unpaired) electrons. The molecule has 7 heteroatoms. The molecule has 150 valence electrons. The van der Waals surface area contributed by atoms with Gasteiger partial charge in [0.2, 0.25) is 0 Å². The smallest absolute Gasteiger partial charge is 0.174 e. The van der Waals surface area contributed by atoms with Crippen LogP contribution < -0.4 is 16.5 Å². The molecular weight excluding hydrogens is 365 g/mol. The normalized spacial score (nSPS) is 10.9. The monoisotopic (exact) mass is 395 g/mol. The van der Waals surface area contributed by atoms with Crippen LogP contribution in [0.2, 0.25) is 0 Å². The lowest BCUT2D eigenvalue weighted by molar-refractivity contribution is 0.257. The molecule has 1 aromatic rings. The summed E-state index contributed by atoms with van der Waals surface area (Å²) in [5.74, 6) is 5.65. The molecular formula is C20H31ClFN5. The van der Waals surface area contributed by atoms with Gasteiger partial charge in [0.1, 0.15) is 0 Å². The molecule has 0 unspecified atom stereocenters. The lowest BCUT2D eigenvalue weighted by Gasteiger charge is -2.22. The lowest BCUT2D eigenvalue weighted by Crippen LogP contribution is -2.25. The Bertz CT molecular complexity index is 613. The summed E-state index contributed by atoms with van der Waals surface area (Å²) in [4.78, 5) is 5.81. The second-order valence-corrected chi connectivity index (χ2v) is 5.83. The average Bonchev–Trinajstić information content (AvgIpc) is 2.71. The van der Waals surface area contributed by atoms with E-state index in [-0.39, 0.29) is 11.4 Å². The van der Waals surface area contributed by atoms with Crippen LogP contribution in [0.25, 0.3) is 0 Å². The fraction of sp³-hybridized carbons (Fsp3) is 0.350. The molecule has 0 heterocycles. The Labute approximate surface area is 167 Å². The Morgan fingerprint density at radius 3 is 2.41 bits per heavy atom. The van der Waals surface area contributed by atoms with Crippen LogP contribution in [-0.4, -0.2) is 31.6 Å². The number of hydrogen-bond donors (Lipinski definition) is 2. The predicted molar refractivity (Wildman–Crippen MR) is 116 cm³/mol. The first-order valence-corrected chi connectivity index (χ1v) is 9.18. The minimum Gasteiger partial charge on any atom is -0.396 e. The summed E-state index contributed by atoms with van der Waals surface area (Å²) in [5, 5.41) is 0.783. The number of nitrogens with two attached hydrogens (primary N) is 2. The topological polar surface area (TPSA) is 70.9 Å². The Balaban J connectivity index is 0.000000541. The number of anilines is 1. The summed E-state index contributed by atoms with van der Waals surface area (Å²) in [6, 6.07) is 8.50. The highest BCUT2D eigenvalue weighted by Gasteiger charge is 2.02. The third-order valence-corrected chi connectivity index (χ3v) is 3.91. The van der Waals surface area contributed by atoms with Gasteiger partial charge >= 0.3 is 0 Å². The van der Waals surface area contributed by atoms with E-state index in [1.807, 2.05) is 0 Å². The van der Waals surface area contributed by atoms with Crippen molar-refractivity contribution in [2.75, 3.05) is 24.8 Å². The second-order valence-electron chi connectivity index (χ2n) is 5.56. The molecule has 1 aromatic carbocycles. The van der Waals surface area contributed by atoms with Crippen LogP contribution in [0.15, 0.2) is 65.6 Å². The minimum absolute atomic E-state index is 0.195. The van der Waals surface area contributed by atoms with E-state index >= 15 is 0 Å². The zero-order valence-electron chi connectivity index (χ0n) is 16.2. The molecule has 4 N–H and O–H groups in total. The van der Waals surface area contributed by atoms with Crippen molar-refractivity contribution in [1.82, 2.24) is 5.01 Å². The molecule has 0 bridgehead atoms. The highest BCUT2D eigenvalue weighted by molar-refractivity contribution is 6.17. The van der Waals surface area contributed by atoms with Gasteiger partial charge in [-0.3, -0.25) is 10.0 Å². The molecule has 0 saturated carbocycles. The van der Waals surface area contributed by atoms with Crippen molar-refractivity contribution in [2.45, 2.75) is 26.1 Å². The van der Waals surface area contributed by atoms with E-state index in [0.29, 0.717) is 5.88 Å². The van der Waals surface area contributed by atoms with Crippen LogP contribution in [0.3, 0.4) is 0 Å². The number of halogens is 2. The molecule has 0 spiro atoms. The number of hydrazine groups is 1. The highest BCUT2D eigenvalue weighted by atomic mass is 35.5. The summed E-state index contributed by atoms with van der Waals surface area (Å²) >= 11 is 5.77. The molecule has 0 amide bonds. The number of hydrogen-bond acceptors (Lipinski definition) is 5. The maximum Gasteiger partial charge on any atom is 0.174 e. The van der Waals surface area contributed by atoms with Crippen LogP contribution in [0, 0.1) is 0 Å². The fourth-order valence-corrected chi connectivity index (χ4v) is 2.22. The molecule has 27 heavy (non-hydrogen) atoms. The van der Waals surface area contributed by atoms with Crippen molar-refractivity contribution in [3.63, 3.8) is 0 Å². The third kappa shape index (κ3) is 10.4. The SMILES string of the molecule is C/C=C\CCN(CC)c1ccc(CCl)cc1.C=NC(=C)/C(N)=C/N(N)CF. The van der Waals surface area contributed by atoms with Crippen LogP contribution >= 0.6 is 11.6 Å². The van der Waals surface area contributed by atoms with Gasteiger partial charge in [-0.2, -0.15) is 0 Å². The fourth-order valence-electron chi connectivity index (χ4n) is 2.04. The van der Waals surface area contributed by atoms with E-state index in [4.69, 9.17) is 23.2 Å². The number of rotatable bonds is 10. The molecule has 0 aliphatic rings. The first kappa shape index (κ1) is 24.7. The summed E-state index contributed by atoms with van der Waals surface area (Å²) in [6.45, 7) is 12.2. The maximum absolute atomic E-state index is 11.7. The van der Waals surface area contributed by atoms with Crippen LogP contribution in [-0.2, 0) is 5.88 Å². The van der Waals surface area contributed by atoms with Crippen molar-refractivity contribution in [3.05, 3.63) is 66.2 Å². The zero-order valence-corrected chi connectivity index (χ0v) is 17.0. The van der Waals surface area contributed by atoms with Gasteiger partial charge in [-0.1, -0.05) is 30.9 Å². The predicted octanol–water partition coefficient (Wildman–Crippen LogP) is 4.32. The first-order valence-electron chi connectivity index (χ1n) is 8.64. The summed E-state index contributed by atoms with van der Waals surface area (Å²) < 4.78 is 11.7. The molecule has 5 nitrogen and oxygen atoms in total. The number of benzene rings is 1. The molecule has 0 saturated heterocycles. The van der Waals surface area contributed by atoms with Gasteiger partial charge in [0.05, 0.1) is 11.4 Å². The molecule has 0 aliphatic carbocycles. The van der Waals surface area contributed by atoms with E-state index in [0.717, 1.165) is 24.5 Å².